The van der Waals surface area contributed by atoms with Gasteiger partial charge >= 0.3 is 0 Å². The molecule has 128 valence electrons. The van der Waals surface area contributed by atoms with Crippen molar-refractivity contribution in [1.29, 1.82) is 0 Å². The highest BCUT2D eigenvalue weighted by Crippen LogP contribution is 2.22. The molecule has 0 fully saturated rings. The summed E-state index contributed by atoms with van der Waals surface area (Å²) in [5.74, 6) is 0. The molecule has 0 spiro atoms. The third kappa shape index (κ3) is 3.68. The Hall–Kier alpha value is -3.15. The van der Waals surface area contributed by atoms with Crippen molar-refractivity contribution in [2.75, 3.05) is 0 Å². The van der Waals surface area contributed by atoms with Crippen LogP contribution in [0.1, 0.15) is 37.7 Å². The van der Waals surface area contributed by atoms with Crippen LogP contribution in [0.15, 0.2) is 46.2 Å². The highest BCUT2D eigenvalue weighted by Gasteiger charge is 2.19. The summed E-state index contributed by atoms with van der Waals surface area (Å²) in [4.78, 5) is 37.3. The van der Waals surface area contributed by atoms with Crippen LogP contribution in [0, 0.1) is 0 Å². The molecule has 0 atom stereocenters. The van der Waals surface area contributed by atoms with E-state index in [1.807, 2.05) is 51.1 Å². The predicted octanol–water partition coefficient (Wildman–Crippen LogP) is 0.741. The van der Waals surface area contributed by atoms with Crippen molar-refractivity contribution in [3.05, 3.63) is 85.0 Å². The zero-order valence-corrected chi connectivity index (χ0v) is 14.4. The minimum atomic E-state index is -0.371. The Bertz CT molecular complexity index is 1110. The molecular formula is C19H20N4O2. The molecule has 3 N–H and O–H groups in total. The molecule has 0 unspecified atom stereocenters. The van der Waals surface area contributed by atoms with Crippen molar-refractivity contribution >= 4 is 12.2 Å². The van der Waals surface area contributed by atoms with Gasteiger partial charge in [-0.2, -0.15) is 0 Å². The summed E-state index contributed by atoms with van der Waals surface area (Å²) in [6.07, 6.45) is 4.80. The molecule has 0 aliphatic carbocycles. The van der Waals surface area contributed by atoms with Gasteiger partial charge in [0.25, 0.3) is 11.1 Å². The van der Waals surface area contributed by atoms with Crippen LogP contribution in [-0.2, 0) is 5.41 Å². The molecule has 0 saturated heterocycles. The fourth-order valence-electron chi connectivity index (χ4n) is 2.56. The number of nitrogens with one attached hydrogen (secondary N) is 3. The van der Waals surface area contributed by atoms with Gasteiger partial charge in [-0.3, -0.25) is 9.59 Å². The molecule has 3 aromatic rings. The number of rotatable bonds is 2. The number of benzene rings is 1. The zero-order chi connectivity index (χ0) is 18.0. The average molecular weight is 336 g/mol. The normalized spacial score (nSPS) is 13.4. The quantitative estimate of drug-likeness (QED) is 0.644. The standard InChI is InChI=1S/C19H20N4O2/c1-19(2,3)16-13(20-11-21-16)10-15-18(25)22-14(17(24)23-15)9-12-7-5-4-6-8-12/h4-11H,1-3H3,(H,20,21)(H,22,25)(H,23,24)/b14-9+,15-10-. The first-order valence-electron chi connectivity index (χ1n) is 7.99. The molecule has 6 nitrogen and oxygen atoms in total. The van der Waals surface area contributed by atoms with Crippen molar-refractivity contribution in [1.82, 2.24) is 19.9 Å². The number of hydrogen-bond acceptors (Lipinski definition) is 3. The second kappa shape index (κ2) is 6.39. The Kier molecular flexibility index (Phi) is 4.27. The summed E-state index contributed by atoms with van der Waals surface area (Å²) in [7, 11) is 0. The molecule has 0 aliphatic heterocycles. The summed E-state index contributed by atoms with van der Waals surface area (Å²) >= 11 is 0. The molecule has 6 heteroatoms. The van der Waals surface area contributed by atoms with Crippen LogP contribution in [-0.4, -0.2) is 19.9 Å². The fourth-order valence-corrected chi connectivity index (χ4v) is 2.56. The maximum atomic E-state index is 12.4. The van der Waals surface area contributed by atoms with Gasteiger partial charge in [-0.1, -0.05) is 51.1 Å². The van der Waals surface area contributed by atoms with Gasteiger partial charge in [-0.15, -0.1) is 0 Å². The molecule has 0 amide bonds. The largest absolute Gasteiger partial charge is 0.348 e. The lowest BCUT2D eigenvalue weighted by atomic mass is 9.90. The van der Waals surface area contributed by atoms with Crippen molar-refractivity contribution in [3.63, 3.8) is 0 Å². The van der Waals surface area contributed by atoms with Crippen LogP contribution in [0.25, 0.3) is 12.2 Å². The van der Waals surface area contributed by atoms with Gasteiger partial charge in [-0.25, -0.2) is 4.98 Å². The van der Waals surface area contributed by atoms with Gasteiger partial charge in [0, 0.05) is 11.1 Å². The third-order valence-electron chi connectivity index (χ3n) is 3.80. The smallest absolute Gasteiger partial charge is 0.272 e. The van der Waals surface area contributed by atoms with Gasteiger partial charge in [-0.05, 0) is 17.7 Å². The molecule has 25 heavy (non-hydrogen) atoms. The number of H-pyrrole nitrogens is 3. The van der Waals surface area contributed by atoms with E-state index in [1.54, 1.807) is 18.5 Å². The van der Waals surface area contributed by atoms with Crippen molar-refractivity contribution < 1.29 is 0 Å². The SMILES string of the molecule is CC(C)(C)c1[nH]cnc1/C=c1\[nH]c(=O)/c(=C\c2ccccc2)[nH]c1=O. The minimum Gasteiger partial charge on any atom is -0.348 e. The van der Waals surface area contributed by atoms with Crippen LogP contribution >= 0.6 is 0 Å². The van der Waals surface area contributed by atoms with Crippen molar-refractivity contribution in [2.24, 2.45) is 0 Å². The van der Waals surface area contributed by atoms with E-state index in [4.69, 9.17) is 0 Å². The molecule has 0 saturated carbocycles. The van der Waals surface area contributed by atoms with Crippen LogP contribution < -0.4 is 21.8 Å². The second-order valence-corrected chi connectivity index (χ2v) is 6.85. The van der Waals surface area contributed by atoms with E-state index in [0.717, 1.165) is 11.3 Å². The Morgan fingerprint density at radius 1 is 0.920 bits per heavy atom. The van der Waals surface area contributed by atoms with Crippen LogP contribution in [0.3, 0.4) is 0 Å². The predicted molar refractivity (Wildman–Crippen MR) is 97.8 cm³/mol. The van der Waals surface area contributed by atoms with Gasteiger partial charge in [0.15, 0.2) is 0 Å². The van der Waals surface area contributed by atoms with Gasteiger partial charge in [0.2, 0.25) is 0 Å². The summed E-state index contributed by atoms with van der Waals surface area (Å²) < 4.78 is 0. The van der Waals surface area contributed by atoms with Gasteiger partial charge < -0.3 is 15.0 Å². The molecular weight excluding hydrogens is 316 g/mol. The number of imidazole rings is 1. The molecule has 3 rings (SSSR count). The molecule has 1 aromatic carbocycles. The maximum absolute atomic E-state index is 12.4. The Morgan fingerprint density at radius 2 is 1.52 bits per heavy atom. The summed E-state index contributed by atoms with van der Waals surface area (Å²) in [5.41, 5.74) is 1.48. The Labute approximate surface area is 144 Å². The van der Waals surface area contributed by atoms with E-state index in [-0.39, 0.29) is 27.2 Å². The highest BCUT2D eigenvalue weighted by molar-refractivity contribution is 5.49. The summed E-state index contributed by atoms with van der Waals surface area (Å²) in [5, 5.41) is 0.388. The van der Waals surface area contributed by atoms with E-state index in [2.05, 4.69) is 19.9 Å². The van der Waals surface area contributed by atoms with Gasteiger partial charge in [0.05, 0.1) is 12.0 Å². The van der Waals surface area contributed by atoms with Crippen LogP contribution in [0.2, 0.25) is 0 Å². The van der Waals surface area contributed by atoms with E-state index in [9.17, 15) is 9.59 Å². The molecule has 2 heterocycles. The monoisotopic (exact) mass is 336 g/mol. The average Bonchev–Trinajstić information content (AvgIpc) is 3.02. The topological polar surface area (TPSA) is 94.4 Å². The summed E-state index contributed by atoms with van der Waals surface area (Å²) in [6.45, 7) is 6.13. The van der Waals surface area contributed by atoms with Crippen molar-refractivity contribution in [2.45, 2.75) is 26.2 Å². The molecule has 0 aliphatic rings. The number of aromatic nitrogens is 4. The summed E-state index contributed by atoms with van der Waals surface area (Å²) in [6, 6.07) is 9.34. The molecule has 2 aromatic heterocycles. The zero-order valence-electron chi connectivity index (χ0n) is 14.4. The lowest BCUT2D eigenvalue weighted by Crippen LogP contribution is -2.46. The third-order valence-corrected chi connectivity index (χ3v) is 3.80. The van der Waals surface area contributed by atoms with E-state index >= 15 is 0 Å². The maximum Gasteiger partial charge on any atom is 0.272 e. The Balaban J connectivity index is 2.14. The van der Waals surface area contributed by atoms with Crippen LogP contribution in [0.5, 0.6) is 0 Å². The van der Waals surface area contributed by atoms with E-state index in [0.29, 0.717) is 5.69 Å². The lowest BCUT2D eigenvalue weighted by molar-refractivity contribution is 0.571. The van der Waals surface area contributed by atoms with E-state index < -0.39 is 0 Å². The first-order chi connectivity index (χ1) is 11.8. The molecule has 0 bridgehead atoms. The van der Waals surface area contributed by atoms with Crippen LogP contribution in [0.4, 0.5) is 0 Å². The fraction of sp³-hybridized carbons (Fsp3) is 0.211. The first-order valence-corrected chi connectivity index (χ1v) is 7.99. The number of nitrogens with zero attached hydrogens (tertiary/aromatic N) is 1. The lowest BCUT2D eigenvalue weighted by Gasteiger charge is -2.16. The van der Waals surface area contributed by atoms with Gasteiger partial charge in [0.1, 0.15) is 10.7 Å². The highest BCUT2D eigenvalue weighted by atomic mass is 16.1. The number of aromatic amines is 3. The van der Waals surface area contributed by atoms with Crippen molar-refractivity contribution in [3.8, 4) is 0 Å². The minimum absolute atomic E-state index is 0.156. The number of hydrogen-bond donors (Lipinski definition) is 3. The first kappa shape index (κ1) is 16.7. The second-order valence-electron chi connectivity index (χ2n) is 6.85. The van der Waals surface area contributed by atoms with E-state index in [1.165, 1.54) is 0 Å². The molecule has 0 radical (unpaired) electrons. The Morgan fingerprint density at radius 3 is 2.12 bits per heavy atom.